The smallest absolute Gasteiger partial charge is 0.234 e. The number of fused-ring (bicyclic) bond motifs is 1. The van der Waals surface area contributed by atoms with E-state index in [1.54, 1.807) is 0 Å². The molecule has 0 heterocycles. The highest BCUT2D eigenvalue weighted by Crippen LogP contribution is 2.29. The number of ether oxygens (including phenoxy) is 1. The quantitative estimate of drug-likeness (QED) is 0.685. The normalized spacial score (nSPS) is 10.4. The third-order valence-electron chi connectivity index (χ3n) is 4.45. The molecule has 0 atom stereocenters. The second kappa shape index (κ2) is 8.86. The first kappa shape index (κ1) is 18.5. The van der Waals surface area contributed by atoms with Crippen molar-refractivity contribution < 1.29 is 9.53 Å². The van der Waals surface area contributed by atoms with Gasteiger partial charge in [0.15, 0.2) is 0 Å². The van der Waals surface area contributed by atoms with Gasteiger partial charge in [0.05, 0.1) is 6.07 Å². The molecule has 0 bridgehead atoms. The fraction of sp³-hybridized carbons (Fsp3) is 0.217. The monoisotopic (exact) mass is 358 g/mol. The Hall–Kier alpha value is -3.32. The number of benzene rings is 3. The summed E-state index contributed by atoms with van der Waals surface area (Å²) in [5.74, 6) is 0.573. The first-order valence-electron chi connectivity index (χ1n) is 9.00. The van der Waals surface area contributed by atoms with Crippen molar-refractivity contribution in [3.05, 3.63) is 77.4 Å². The molecular formula is C23H22N2O2. The largest absolute Gasteiger partial charge is 0.489 e. The van der Waals surface area contributed by atoms with E-state index in [2.05, 4.69) is 54.7 Å². The van der Waals surface area contributed by atoms with Crippen LogP contribution in [0.5, 0.6) is 5.75 Å². The molecule has 0 spiro atoms. The number of hydrogen-bond acceptors (Lipinski definition) is 3. The van der Waals surface area contributed by atoms with Crippen molar-refractivity contribution in [2.24, 2.45) is 0 Å². The fourth-order valence-corrected chi connectivity index (χ4v) is 3.02. The molecule has 0 saturated heterocycles. The van der Waals surface area contributed by atoms with Gasteiger partial charge in [0.1, 0.15) is 18.8 Å². The zero-order valence-electron chi connectivity index (χ0n) is 15.4. The van der Waals surface area contributed by atoms with Crippen LogP contribution in [-0.4, -0.2) is 12.5 Å². The summed E-state index contributed by atoms with van der Waals surface area (Å²) in [6.45, 7) is 3.02. The van der Waals surface area contributed by atoms with Crippen LogP contribution < -0.4 is 10.1 Å². The standard InChI is InChI=1S/C23H22N2O2/c1-17-6-8-18(9-7-17)16-27-22-11-10-19-4-2-3-5-20(19)21(22)13-15-25-23(26)12-14-24/h2-11H,12-13,15-16H2,1H3,(H,25,26). The lowest BCUT2D eigenvalue weighted by molar-refractivity contribution is -0.120. The van der Waals surface area contributed by atoms with Gasteiger partial charge in [-0.3, -0.25) is 4.79 Å². The van der Waals surface area contributed by atoms with Gasteiger partial charge in [-0.25, -0.2) is 0 Å². The van der Waals surface area contributed by atoms with E-state index in [4.69, 9.17) is 10.00 Å². The van der Waals surface area contributed by atoms with Crippen molar-refractivity contribution in [3.63, 3.8) is 0 Å². The van der Waals surface area contributed by atoms with Crippen LogP contribution in [0.15, 0.2) is 60.7 Å². The molecule has 0 aliphatic rings. The predicted octanol–water partition coefficient (Wildman–Crippen LogP) is 4.30. The summed E-state index contributed by atoms with van der Waals surface area (Å²) in [4.78, 5) is 11.6. The summed E-state index contributed by atoms with van der Waals surface area (Å²) in [6.07, 6.45) is 0.522. The van der Waals surface area contributed by atoms with Gasteiger partial charge in [0.25, 0.3) is 0 Å². The van der Waals surface area contributed by atoms with Crippen molar-refractivity contribution in [3.8, 4) is 11.8 Å². The van der Waals surface area contributed by atoms with Crippen LogP contribution in [0.3, 0.4) is 0 Å². The van der Waals surface area contributed by atoms with Gasteiger partial charge in [-0.2, -0.15) is 5.26 Å². The highest BCUT2D eigenvalue weighted by atomic mass is 16.5. The van der Waals surface area contributed by atoms with Crippen molar-refractivity contribution in [1.82, 2.24) is 5.32 Å². The zero-order chi connectivity index (χ0) is 19.1. The molecule has 0 saturated carbocycles. The lowest BCUT2D eigenvalue weighted by atomic mass is 10.0. The third kappa shape index (κ3) is 4.86. The average molecular weight is 358 g/mol. The average Bonchev–Trinajstić information content (AvgIpc) is 2.68. The Kier molecular flexibility index (Phi) is 6.06. The zero-order valence-corrected chi connectivity index (χ0v) is 15.4. The summed E-state index contributed by atoms with van der Waals surface area (Å²) in [6, 6.07) is 22.3. The van der Waals surface area contributed by atoms with Gasteiger partial charge in [-0.1, -0.05) is 60.2 Å². The van der Waals surface area contributed by atoms with E-state index < -0.39 is 0 Å². The number of carbonyl (C=O) groups excluding carboxylic acids is 1. The van der Waals surface area contributed by atoms with E-state index in [0.717, 1.165) is 27.6 Å². The summed E-state index contributed by atoms with van der Waals surface area (Å²) < 4.78 is 6.11. The topological polar surface area (TPSA) is 62.1 Å². The Morgan fingerprint density at radius 2 is 1.85 bits per heavy atom. The highest BCUT2D eigenvalue weighted by Gasteiger charge is 2.10. The molecule has 3 rings (SSSR count). The fourth-order valence-electron chi connectivity index (χ4n) is 3.02. The van der Waals surface area contributed by atoms with Gasteiger partial charge in [0, 0.05) is 12.1 Å². The Bertz CT molecular complexity index is 972. The van der Waals surface area contributed by atoms with E-state index >= 15 is 0 Å². The number of carbonyl (C=O) groups is 1. The molecule has 0 radical (unpaired) electrons. The number of hydrogen-bond donors (Lipinski definition) is 1. The van der Waals surface area contributed by atoms with E-state index in [1.807, 2.05) is 24.3 Å². The number of nitrogens with zero attached hydrogens (tertiary/aromatic N) is 1. The second-order valence-corrected chi connectivity index (χ2v) is 6.47. The molecule has 136 valence electrons. The SMILES string of the molecule is Cc1ccc(COc2ccc3ccccc3c2CCNC(=O)CC#N)cc1. The van der Waals surface area contributed by atoms with Crippen LogP contribution in [-0.2, 0) is 17.8 Å². The van der Waals surface area contributed by atoms with E-state index in [1.165, 1.54) is 5.56 Å². The molecule has 0 aromatic heterocycles. The first-order chi connectivity index (χ1) is 13.2. The Morgan fingerprint density at radius 3 is 2.63 bits per heavy atom. The summed E-state index contributed by atoms with van der Waals surface area (Å²) >= 11 is 0. The molecule has 0 aliphatic heterocycles. The van der Waals surface area contributed by atoms with Crippen molar-refractivity contribution >= 4 is 16.7 Å². The van der Waals surface area contributed by atoms with Crippen LogP contribution in [0.2, 0.25) is 0 Å². The molecule has 27 heavy (non-hydrogen) atoms. The van der Waals surface area contributed by atoms with E-state index in [-0.39, 0.29) is 12.3 Å². The summed E-state index contributed by atoms with van der Waals surface area (Å²) in [7, 11) is 0. The number of rotatable bonds is 7. The van der Waals surface area contributed by atoms with Gasteiger partial charge < -0.3 is 10.1 Å². The van der Waals surface area contributed by atoms with E-state index in [0.29, 0.717) is 19.6 Å². The molecule has 4 heteroatoms. The molecule has 1 N–H and O–H groups in total. The number of aryl methyl sites for hydroxylation is 1. The van der Waals surface area contributed by atoms with Gasteiger partial charge in [-0.05, 0) is 35.7 Å². The molecule has 0 unspecified atom stereocenters. The highest BCUT2D eigenvalue weighted by molar-refractivity contribution is 5.88. The van der Waals surface area contributed by atoms with Gasteiger partial charge in [-0.15, -0.1) is 0 Å². The molecule has 3 aromatic rings. The molecule has 4 nitrogen and oxygen atoms in total. The van der Waals surface area contributed by atoms with Gasteiger partial charge in [0.2, 0.25) is 5.91 Å². The molecule has 1 amide bonds. The van der Waals surface area contributed by atoms with Crippen LogP contribution in [0.4, 0.5) is 0 Å². The minimum atomic E-state index is -0.250. The lowest BCUT2D eigenvalue weighted by Gasteiger charge is -2.15. The summed E-state index contributed by atoms with van der Waals surface area (Å²) in [5, 5.41) is 13.6. The number of amides is 1. The van der Waals surface area contributed by atoms with Crippen LogP contribution in [0.1, 0.15) is 23.1 Å². The summed E-state index contributed by atoms with van der Waals surface area (Å²) in [5.41, 5.74) is 3.40. The predicted molar refractivity (Wildman–Crippen MR) is 106 cm³/mol. The maximum Gasteiger partial charge on any atom is 0.234 e. The first-order valence-corrected chi connectivity index (χ1v) is 9.00. The van der Waals surface area contributed by atoms with Crippen LogP contribution in [0, 0.1) is 18.3 Å². The second-order valence-electron chi connectivity index (χ2n) is 6.47. The van der Waals surface area contributed by atoms with Crippen molar-refractivity contribution in [2.45, 2.75) is 26.4 Å². The molecular weight excluding hydrogens is 336 g/mol. The van der Waals surface area contributed by atoms with Crippen molar-refractivity contribution in [1.29, 1.82) is 5.26 Å². The third-order valence-corrected chi connectivity index (χ3v) is 4.45. The van der Waals surface area contributed by atoms with E-state index in [9.17, 15) is 4.79 Å². The Labute approximate surface area is 159 Å². The maximum absolute atomic E-state index is 11.6. The van der Waals surface area contributed by atoms with Crippen LogP contribution in [0.25, 0.3) is 10.8 Å². The molecule has 0 aliphatic carbocycles. The minimum absolute atomic E-state index is 0.119. The molecule has 3 aromatic carbocycles. The Morgan fingerprint density at radius 1 is 1.07 bits per heavy atom. The number of nitriles is 1. The van der Waals surface area contributed by atoms with Crippen molar-refractivity contribution in [2.75, 3.05) is 6.54 Å². The molecule has 0 fully saturated rings. The number of nitrogens with one attached hydrogen (secondary N) is 1. The van der Waals surface area contributed by atoms with Gasteiger partial charge >= 0.3 is 0 Å². The Balaban J connectivity index is 1.79. The maximum atomic E-state index is 11.6. The van der Waals surface area contributed by atoms with Crippen LogP contribution >= 0.6 is 0 Å². The minimum Gasteiger partial charge on any atom is -0.489 e. The lowest BCUT2D eigenvalue weighted by Crippen LogP contribution is -2.25.